The topological polar surface area (TPSA) is 80.9 Å². The number of nitrogens with zero attached hydrogens (tertiary/aromatic N) is 2. The number of halogens is 1. The Kier molecular flexibility index (Phi) is 4.53. The van der Waals surface area contributed by atoms with E-state index in [2.05, 4.69) is 15.3 Å². The van der Waals surface area contributed by atoms with Gasteiger partial charge in [0.25, 0.3) is 5.91 Å². The Balaban J connectivity index is 2.31. The van der Waals surface area contributed by atoms with Crippen LogP contribution in [-0.2, 0) is 0 Å². The van der Waals surface area contributed by atoms with Crippen molar-refractivity contribution in [3.63, 3.8) is 0 Å². The Hall–Kier alpha value is -2.14. The summed E-state index contributed by atoms with van der Waals surface area (Å²) >= 11 is 6.08. The molecule has 0 aliphatic carbocycles. The molecule has 1 aromatic carbocycles. The van der Waals surface area contributed by atoms with Gasteiger partial charge in [0.15, 0.2) is 5.82 Å². The van der Waals surface area contributed by atoms with Crippen molar-refractivity contribution >= 4 is 23.3 Å². The third-order valence-electron chi connectivity index (χ3n) is 2.71. The molecule has 2 rings (SSSR count). The highest BCUT2D eigenvalue weighted by Crippen LogP contribution is 2.25. The van der Waals surface area contributed by atoms with Gasteiger partial charge in [-0.25, -0.2) is 9.97 Å². The average Bonchev–Trinajstić information content (AvgIpc) is 2.45. The normalized spacial score (nSPS) is 10.3. The summed E-state index contributed by atoms with van der Waals surface area (Å²) in [6.45, 7) is 2.56. The zero-order valence-electron chi connectivity index (χ0n) is 11.1. The first-order valence-corrected chi connectivity index (χ1v) is 6.67. The van der Waals surface area contributed by atoms with Crippen LogP contribution in [0.25, 0.3) is 11.4 Å². The van der Waals surface area contributed by atoms with Crippen molar-refractivity contribution in [1.29, 1.82) is 0 Å². The summed E-state index contributed by atoms with van der Waals surface area (Å²) in [4.78, 5) is 20.2. The number of anilines is 1. The van der Waals surface area contributed by atoms with Gasteiger partial charge in [0.05, 0.1) is 10.6 Å². The Morgan fingerprint density at radius 3 is 2.80 bits per heavy atom. The zero-order valence-corrected chi connectivity index (χ0v) is 11.8. The van der Waals surface area contributed by atoms with E-state index in [1.807, 2.05) is 19.1 Å². The molecule has 0 aliphatic heterocycles. The molecular formula is C14H15ClN4O. The van der Waals surface area contributed by atoms with Gasteiger partial charge in [0.1, 0.15) is 5.82 Å². The Morgan fingerprint density at radius 2 is 2.15 bits per heavy atom. The van der Waals surface area contributed by atoms with E-state index in [0.717, 1.165) is 6.42 Å². The molecule has 20 heavy (non-hydrogen) atoms. The minimum atomic E-state index is -0.268. The van der Waals surface area contributed by atoms with Crippen molar-refractivity contribution in [2.24, 2.45) is 0 Å². The number of nitrogen functional groups attached to an aromatic ring is 1. The van der Waals surface area contributed by atoms with Crippen LogP contribution in [0.2, 0.25) is 5.02 Å². The molecular weight excluding hydrogens is 276 g/mol. The second kappa shape index (κ2) is 6.34. The summed E-state index contributed by atoms with van der Waals surface area (Å²) in [7, 11) is 0. The first-order chi connectivity index (χ1) is 9.63. The molecule has 0 saturated heterocycles. The fourth-order valence-corrected chi connectivity index (χ4v) is 1.90. The molecule has 0 unspecified atom stereocenters. The molecule has 0 atom stereocenters. The molecule has 0 saturated carbocycles. The van der Waals surface area contributed by atoms with Crippen LogP contribution in [0, 0.1) is 0 Å². The fourth-order valence-electron chi connectivity index (χ4n) is 1.68. The fraction of sp³-hybridized carbons (Fsp3) is 0.214. The second-order valence-electron chi connectivity index (χ2n) is 4.23. The van der Waals surface area contributed by atoms with Crippen LogP contribution in [0.5, 0.6) is 0 Å². The zero-order chi connectivity index (χ0) is 14.5. The summed E-state index contributed by atoms with van der Waals surface area (Å²) in [6, 6.07) is 7.20. The maximum Gasteiger partial charge on any atom is 0.256 e. The Bertz CT molecular complexity index is 630. The summed E-state index contributed by atoms with van der Waals surface area (Å²) in [5.41, 5.74) is 6.78. The van der Waals surface area contributed by atoms with E-state index in [0.29, 0.717) is 23.0 Å². The number of nitrogens with one attached hydrogen (secondary N) is 1. The van der Waals surface area contributed by atoms with Crippen molar-refractivity contribution in [3.05, 3.63) is 41.0 Å². The van der Waals surface area contributed by atoms with E-state index < -0.39 is 0 Å². The molecule has 0 bridgehead atoms. The Labute approximate surface area is 122 Å². The second-order valence-corrected chi connectivity index (χ2v) is 4.64. The van der Waals surface area contributed by atoms with Crippen molar-refractivity contribution in [2.75, 3.05) is 12.3 Å². The predicted octanol–water partition coefficient (Wildman–Crippen LogP) is 2.52. The van der Waals surface area contributed by atoms with E-state index in [-0.39, 0.29) is 17.3 Å². The van der Waals surface area contributed by atoms with Gasteiger partial charge in [-0.2, -0.15) is 0 Å². The molecule has 0 aliphatic rings. The minimum Gasteiger partial charge on any atom is -0.383 e. The predicted molar refractivity (Wildman–Crippen MR) is 79.5 cm³/mol. The van der Waals surface area contributed by atoms with E-state index in [1.165, 1.54) is 6.20 Å². The smallest absolute Gasteiger partial charge is 0.256 e. The summed E-state index contributed by atoms with van der Waals surface area (Å²) in [5, 5.41) is 3.27. The standard InChI is InChI=1S/C14H15ClN4O/c1-2-7-17-14(20)10-8-18-13(19-12(10)16)9-5-3-4-6-11(9)15/h3-6,8H,2,7H2,1H3,(H,17,20)(H2,16,18,19). The third-order valence-corrected chi connectivity index (χ3v) is 3.04. The van der Waals surface area contributed by atoms with Gasteiger partial charge in [-0.05, 0) is 18.6 Å². The highest BCUT2D eigenvalue weighted by atomic mass is 35.5. The number of nitrogens with two attached hydrogens (primary N) is 1. The first kappa shape index (κ1) is 14.3. The Morgan fingerprint density at radius 1 is 1.40 bits per heavy atom. The number of carbonyl (C=O) groups is 1. The van der Waals surface area contributed by atoms with Gasteiger partial charge < -0.3 is 11.1 Å². The summed E-state index contributed by atoms with van der Waals surface area (Å²) < 4.78 is 0. The summed E-state index contributed by atoms with van der Waals surface area (Å²) in [6.07, 6.45) is 2.27. The van der Waals surface area contributed by atoms with E-state index >= 15 is 0 Å². The first-order valence-electron chi connectivity index (χ1n) is 6.29. The van der Waals surface area contributed by atoms with Crippen LogP contribution in [0.1, 0.15) is 23.7 Å². The molecule has 3 N–H and O–H groups in total. The number of hydrogen-bond donors (Lipinski definition) is 2. The van der Waals surface area contributed by atoms with Crippen LogP contribution in [0.3, 0.4) is 0 Å². The molecule has 0 fully saturated rings. The van der Waals surface area contributed by atoms with E-state index in [1.54, 1.807) is 12.1 Å². The van der Waals surface area contributed by atoms with Gasteiger partial charge in [0, 0.05) is 18.3 Å². The molecule has 6 heteroatoms. The summed E-state index contributed by atoms with van der Waals surface area (Å²) in [5.74, 6) is 0.277. The van der Waals surface area contributed by atoms with Crippen LogP contribution >= 0.6 is 11.6 Å². The van der Waals surface area contributed by atoms with Crippen LogP contribution in [0.4, 0.5) is 5.82 Å². The highest BCUT2D eigenvalue weighted by Gasteiger charge is 2.13. The van der Waals surface area contributed by atoms with Gasteiger partial charge in [-0.3, -0.25) is 4.79 Å². The van der Waals surface area contributed by atoms with Gasteiger partial charge in [-0.15, -0.1) is 0 Å². The molecule has 1 amide bonds. The van der Waals surface area contributed by atoms with E-state index in [9.17, 15) is 4.79 Å². The molecule has 5 nitrogen and oxygen atoms in total. The molecule has 2 aromatic rings. The van der Waals surface area contributed by atoms with Crippen molar-refractivity contribution in [3.8, 4) is 11.4 Å². The van der Waals surface area contributed by atoms with Crippen LogP contribution in [-0.4, -0.2) is 22.4 Å². The van der Waals surface area contributed by atoms with Crippen molar-refractivity contribution in [1.82, 2.24) is 15.3 Å². The van der Waals surface area contributed by atoms with Crippen LogP contribution in [0.15, 0.2) is 30.5 Å². The number of benzene rings is 1. The SMILES string of the molecule is CCCNC(=O)c1cnc(-c2ccccc2Cl)nc1N. The maximum absolute atomic E-state index is 11.8. The van der Waals surface area contributed by atoms with Crippen LogP contribution < -0.4 is 11.1 Å². The lowest BCUT2D eigenvalue weighted by molar-refractivity contribution is 0.0954. The number of amides is 1. The molecule has 1 heterocycles. The molecule has 104 valence electrons. The lowest BCUT2D eigenvalue weighted by atomic mass is 10.2. The highest BCUT2D eigenvalue weighted by molar-refractivity contribution is 6.33. The largest absolute Gasteiger partial charge is 0.383 e. The lowest BCUT2D eigenvalue weighted by Crippen LogP contribution is -2.25. The third kappa shape index (κ3) is 3.05. The molecule has 0 radical (unpaired) electrons. The van der Waals surface area contributed by atoms with E-state index in [4.69, 9.17) is 17.3 Å². The monoisotopic (exact) mass is 290 g/mol. The number of aromatic nitrogens is 2. The van der Waals surface area contributed by atoms with Crippen molar-refractivity contribution < 1.29 is 4.79 Å². The van der Waals surface area contributed by atoms with Crippen molar-refractivity contribution in [2.45, 2.75) is 13.3 Å². The van der Waals surface area contributed by atoms with Gasteiger partial charge in [-0.1, -0.05) is 30.7 Å². The quantitative estimate of drug-likeness (QED) is 0.906. The molecule has 0 spiro atoms. The number of hydrogen-bond acceptors (Lipinski definition) is 4. The maximum atomic E-state index is 11.8. The number of rotatable bonds is 4. The van der Waals surface area contributed by atoms with Gasteiger partial charge in [0.2, 0.25) is 0 Å². The lowest BCUT2D eigenvalue weighted by Gasteiger charge is -2.08. The minimum absolute atomic E-state index is 0.142. The average molecular weight is 291 g/mol. The van der Waals surface area contributed by atoms with Gasteiger partial charge >= 0.3 is 0 Å². The number of carbonyl (C=O) groups excluding carboxylic acids is 1. The molecule has 1 aromatic heterocycles.